The number of nitrogens with zero attached hydrogens (tertiary/aromatic N) is 1. The first-order valence-corrected chi connectivity index (χ1v) is 9.93. The van der Waals surface area contributed by atoms with Gasteiger partial charge in [-0.15, -0.1) is 0 Å². The summed E-state index contributed by atoms with van der Waals surface area (Å²) in [4.78, 5) is 26.4. The van der Waals surface area contributed by atoms with Gasteiger partial charge in [-0.2, -0.15) is 0 Å². The second-order valence-corrected chi connectivity index (χ2v) is 6.93. The van der Waals surface area contributed by atoms with Gasteiger partial charge < -0.3 is 10.6 Å². The van der Waals surface area contributed by atoms with E-state index in [-0.39, 0.29) is 18.2 Å². The molecule has 0 spiro atoms. The van der Waals surface area contributed by atoms with Crippen LogP contribution in [0.15, 0.2) is 48.5 Å². The standard InChI is InChI=1S/C23H31N3O2/c1-4-26(5-2)17-20-11-9-19(10-12-20)16-25-22(27)13-14-24-23(28)21-8-6-7-18(3)15-21/h6-12,15H,4-5,13-14,16-17H2,1-3H3,(H,24,28)(H,25,27). The highest BCUT2D eigenvalue weighted by Gasteiger charge is 2.07. The van der Waals surface area contributed by atoms with Crippen molar-refractivity contribution in [2.75, 3.05) is 19.6 Å². The minimum atomic E-state index is -0.153. The van der Waals surface area contributed by atoms with Crippen molar-refractivity contribution in [2.24, 2.45) is 0 Å². The summed E-state index contributed by atoms with van der Waals surface area (Å²) in [5.74, 6) is -0.225. The fourth-order valence-corrected chi connectivity index (χ4v) is 2.93. The van der Waals surface area contributed by atoms with Gasteiger partial charge in [0.1, 0.15) is 0 Å². The third-order valence-corrected chi connectivity index (χ3v) is 4.73. The summed E-state index contributed by atoms with van der Waals surface area (Å²) < 4.78 is 0. The summed E-state index contributed by atoms with van der Waals surface area (Å²) in [5, 5.41) is 5.69. The molecule has 0 heterocycles. The zero-order valence-electron chi connectivity index (χ0n) is 17.1. The maximum Gasteiger partial charge on any atom is 0.251 e. The summed E-state index contributed by atoms with van der Waals surface area (Å²) in [5.41, 5.74) is 4.00. The van der Waals surface area contributed by atoms with Gasteiger partial charge in [0.05, 0.1) is 0 Å². The minimum absolute atomic E-state index is 0.0724. The number of hydrogen-bond acceptors (Lipinski definition) is 3. The van der Waals surface area contributed by atoms with Crippen LogP contribution in [0.4, 0.5) is 0 Å². The monoisotopic (exact) mass is 381 g/mol. The second kappa shape index (κ2) is 11.2. The Kier molecular flexibility index (Phi) is 8.69. The van der Waals surface area contributed by atoms with Crippen LogP contribution < -0.4 is 10.6 Å². The van der Waals surface area contributed by atoms with Gasteiger partial charge in [-0.1, -0.05) is 55.8 Å². The van der Waals surface area contributed by atoms with Crippen molar-refractivity contribution in [3.8, 4) is 0 Å². The predicted molar refractivity (Wildman–Crippen MR) is 113 cm³/mol. The number of benzene rings is 2. The molecule has 0 radical (unpaired) electrons. The van der Waals surface area contributed by atoms with Crippen LogP contribution >= 0.6 is 0 Å². The largest absolute Gasteiger partial charge is 0.352 e. The molecule has 0 fully saturated rings. The molecule has 0 atom stereocenters. The first kappa shape index (κ1) is 21.6. The topological polar surface area (TPSA) is 61.4 Å². The molecular weight excluding hydrogens is 350 g/mol. The lowest BCUT2D eigenvalue weighted by atomic mass is 10.1. The van der Waals surface area contributed by atoms with Gasteiger partial charge >= 0.3 is 0 Å². The normalized spacial score (nSPS) is 10.7. The molecule has 5 heteroatoms. The maximum absolute atomic E-state index is 12.1. The van der Waals surface area contributed by atoms with Crippen molar-refractivity contribution in [3.63, 3.8) is 0 Å². The van der Waals surface area contributed by atoms with Gasteiger partial charge in [-0.05, 0) is 43.3 Å². The number of nitrogens with one attached hydrogen (secondary N) is 2. The fourth-order valence-electron chi connectivity index (χ4n) is 2.93. The van der Waals surface area contributed by atoms with Crippen LogP contribution in [-0.2, 0) is 17.9 Å². The average Bonchev–Trinajstić information content (AvgIpc) is 2.71. The lowest BCUT2D eigenvalue weighted by Crippen LogP contribution is -2.30. The van der Waals surface area contributed by atoms with Crippen LogP contribution in [0, 0.1) is 6.92 Å². The summed E-state index contributed by atoms with van der Waals surface area (Å²) in [6, 6.07) is 15.7. The van der Waals surface area contributed by atoms with Gasteiger partial charge in [0.25, 0.3) is 5.91 Å². The predicted octanol–water partition coefficient (Wildman–Crippen LogP) is 3.27. The van der Waals surface area contributed by atoms with Crippen molar-refractivity contribution in [1.82, 2.24) is 15.5 Å². The molecule has 28 heavy (non-hydrogen) atoms. The van der Waals surface area contributed by atoms with E-state index in [1.807, 2.05) is 25.1 Å². The van der Waals surface area contributed by atoms with E-state index in [2.05, 4.69) is 53.6 Å². The molecule has 150 valence electrons. The smallest absolute Gasteiger partial charge is 0.251 e. The van der Waals surface area contributed by atoms with E-state index in [1.165, 1.54) is 5.56 Å². The Labute approximate surface area is 168 Å². The molecule has 2 amide bonds. The van der Waals surface area contributed by atoms with Crippen LogP contribution in [0.1, 0.15) is 47.3 Å². The first-order chi connectivity index (χ1) is 13.5. The second-order valence-electron chi connectivity index (χ2n) is 6.93. The van der Waals surface area contributed by atoms with Crippen molar-refractivity contribution < 1.29 is 9.59 Å². The SMILES string of the molecule is CCN(CC)Cc1ccc(CNC(=O)CCNC(=O)c2cccc(C)c2)cc1. The highest BCUT2D eigenvalue weighted by atomic mass is 16.2. The van der Waals surface area contributed by atoms with E-state index >= 15 is 0 Å². The highest BCUT2D eigenvalue weighted by molar-refractivity contribution is 5.94. The summed E-state index contributed by atoms with van der Waals surface area (Å²) in [7, 11) is 0. The highest BCUT2D eigenvalue weighted by Crippen LogP contribution is 2.08. The maximum atomic E-state index is 12.1. The molecular formula is C23H31N3O2. The molecule has 2 N–H and O–H groups in total. The Hall–Kier alpha value is -2.66. The quantitative estimate of drug-likeness (QED) is 0.664. The lowest BCUT2D eigenvalue weighted by Gasteiger charge is -2.18. The number of carbonyl (C=O) groups excluding carboxylic acids is 2. The number of hydrogen-bond donors (Lipinski definition) is 2. The van der Waals surface area contributed by atoms with E-state index in [9.17, 15) is 9.59 Å². The molecule has 0 aliphatic carbocycles. The van der Waals surface area contributed by atoms with Crippen LogP contribution in [0.3, 0.4) is 0 Å². The van der Waals surface area contributed by atoms with E-state index in [1.54, 1.807) is 6.07 Å². The van der Waals surface area contributed by atoms with E-state index in [0.717, 1.165) is 30.8 Å². The van der Waals surface area contributed by atoms with Gasteiger partial charge in [0.15, 0.2) is 0 Å². The molecule has 0 bridgehead atoms. The average molecular weight is 382 g/mol. The van der Waals surface area contributed by atoms with Gasteiger partial charge in [-0.25, -0.2) is 0 Å². The molecule has 0 saturated heterocycles. The summed E-state index contributed by atoms with van der Waals surface area (Å²) >= 11 is 0. The van der Waals surface area contributed by atoms with Gasteiger partial charge in [0.2, 0.25) is 5.91 Å². The zero-order valence-corrected chi connectivity index (χ0v) is 17.1. The third kappa shape index (κ3) is 7.16. The number of rotatable bonds is 10. The Morgan fingerprint density at radius 3 is 2.25 bits per heavy atom. The molecule has 0 aromatic heterocycles. The number of aryl methyl sites for hydroxylation is 1. The Morgan fingerprint density at radius 1 is 0.929 bits per heavy atom. The number of amides is 2. The minimum Gasteiger partial charge on any atom is -0.352 e. The molecule has 0 unspecified atom stereocenters. The van der Waals surface area contributed by atoms with Gasteiger partial charge in [0, 0.05) is 31.6 Å². The summed E-state index contributed by atoms with van der Waals surface area (Å²) in [6.45, 7) is 10.1. The third-order valence-electron chi connectivity index (χ3n) is 4.73. The Bertz CT molecular complexity index is 768. The van der Waals surface area contributed by atoms with E-state index in [0.29, 0.717) is 18.7 Å². The van der Waals surface area contributed by atoms with Crippen molar-refractivity contribution in [3.05, 3.63) is 70.8 Å². The van der Waals surface area contributed by atoms with Crippen LogP contribution in [0.5, 0.6) is 0 Å². The zero-order chi connectivity index (χ0) is 20.4. The van der Waals surface area contributed by atoms with Crippen molar-refractivity contribution in [2.45, 2.75) is 40.3 Å². The molecule has 2 aromatic rings. The molecule has 0 aliphatic rings. The Morgan fingerprint density at radius 2 is 1.61 bits per heavy atom. The molecule has 2 aromatic carbocycles. The van der Waals surface area contributed by atoms with Gasteiger partial charge in [-0.3, -0.25) is 14.5 Å². The van der Waals surface area contributed by atoms with Crippen LogP contribution in [0.2, 0.25) is 0 Å². The lowest BCUT2D eigenvalue weighted by molar-refractivity contribution is -0.121. The number of carbonyl (C=O) groups is 2. The van der Waals surface area contributed by atoms with Crippen molar-refractivity contribution in [1.29, 1.82) is 0 Å². The van der Waals surface area contributed by atoms with Crippen LogP contribution in [-0.4, -0.2) is 36.3 Å². The fraction of sp³-hybridized carbons (Fsp3) is 0.391. The summed E-state index contributed by atoms with van der Waals surface area (Å²) in [6.07, 6.45) is 0.262. The molecule has 0 saturated carbocycles. The van der Waals surface area contributed by atoms with Crippen molar-refractivity contribution >= 4 is 11.8 Å². The van der Waals surface area contributed by atoms with E-state index in [4.69, 9.17) is 0 Å². The molecule has 5 nitrogen and oxygen atoms in total. The van der Waals surface area contributed by atoms with E-state index < -0.39 is 0 Å². The Balaban J connectivity index is 1.70. The first-order valence-electron chi connectivity index (χ1n) is 9.93. The molecule has 2 rings (SSSR count). The van der Waals surface area contributed by atoms with Crippen LogP contribution in [0.25, 0.3) is 0 Å². The molecule has 0 aliphatic heterocycles.